The van der Waals surface area contributed by atoms with Gasteiger partial charge in [-0.15, -0.1) is 0 Å². The maximum atomic E-state index is 4.08. The van der Waals surface area contributed by atoms with E-state index in [0.29, 0.717) is 10.3 Å². The topological polar surface area (TPSA) is 43.1 Å². The van der Waals surface area contributed by atoms with Gasteiger partial charge >= 0.3 is 0 Å². The first-order chi connectivity index (χ1) is 5.27. The lowest BCUT2D eigenvalue weighted by atomic mass is 10.7. The molecule has 0 unspecified atom stereocenters. The van der Waals surface area contributed by atoms with E-state index >= 15 is 0 Å². The number of hydrogen-bond acceptors (Lipinski definition) is 3. The van der Waals surface area contributed by atoms with Gasteiger partial charge < -0.3 is 0 Å². The molecule has 0 aliphatic carbocycles. The number of fused-ring (bicyclic) bond motifs is 1. The van der Waals surface area contributed by atoms with Crippen LogP contribution in [0.1, 0.15) is 0 Å². The second-order valence-corrected chi connectivity index (χ2v) is 3.45. The van der Waals surface area contributed by atoms with E-state index in [1.165, 1.54) is 6.33 Å². The molecule has 0 aliphatic heterocycles. The molecule has 0 spiro atoms. The summed E-state index contributed by atoms with van der Waals surface area (Å²) in [5.41, 5.74) is 0.716. The molecule has 0 N–H and O–H groups in total. The molecule has 0 atom stereocenters. The normalized spacial score (nSPS) is 10.7. The van der Waals surface area contributed by atoms with Crippen LogP contribution in [0.4, 0.5) is 0 Å². The van der Waals surface area contributed by atoms with Crippen molar-refractivity contribution >= 4 is 37.5 Å². The summed E-state index contributed by atoms with van der Waals surface area (Å²) in [7, 11) is 0. The van der Waals surface area contributed by atoms with Crippen LogP contribution in [0.15, 0.2) is 21.7 Å². The lowest BCUT2D eigenvalue weighted by molar-refractivity contribution is 0.930. The van der Waals surface area contributed by atoms with E-state index in [2.05, 4.69) is 46.9 Å². The van der Waals surface area contributed by atoms with Gasteiger partial charge in [0.25, 0.3) is 0 Å². The van der Waals surface area contributed by atoms with E-state index in [0.717, 1.165) is 4.60 Å². The van der Waals surface area contributed by atoms with Crippen LogP contribution in [0.5, 0.6) is 0 Å². The molecule has 2 rings (SSSR count). The summed E-state index contributed by atoms with van der Waals surface area (Å²) in [6.45, 7) is 0. The van der Waals surface area contributed by atoms with Gasteiger partial charge in [0.05, 0.1) is 6.20 Å². The van der Waals surface area contributed by atoms with Crippen LogP contribution >= 0.6 is 31.9 Å². The molecule has 2 heterocycles. The highest BCUT2D eigenvalue weighted by atomic mass is 79.9. The van der Waals surface area contributed by atoms with Crippen molar-refractivity contribution in [3.8, 4) is 0 Å². The van der Waals surface area contributed by atoms with Crippen molar-refractivity contribution in [1.29, 1.82) is 0 Å². The molecule has 0 aliphatic rings. The fourth-order valence-electron chi connectivity index (χ4n) is 0.766. The minimum Gasteiger partial charge on any atom is -0.228 e. The molecule has 2 aromatic rings. The molecule has 0 amide bonds. The Hall–Kier alpha value is -0.490. The van der Waals surface area contributed by atoms with Crippen LogP contribution in [-0.2, 0) is 0 Å². The summed E-state index contributed by atoms with van der Waals surface area (Å²) >= 11 is 6.50. The minimum atomic E-state index is 0.685. The first-order valence-electron chi connectivity index (χ1n) is 2.79. The van der Waals surface area contributed by atoms with Crippen LogP contribution in [-0.4, -0.2) is 19.6 Å². The van der Waals surface area contributed by atoms with Crippen molar-refractivity contribution in [1.82, 2.24) is 19.6 Å². The van der Waals surface area contributed by atoms with E-state index < -0.39 is 0 Å². The van der Waals surface area contributed by atoms with Gasteiger partial charge in [-0.1, -0.05) is 0 Å². The van der Waals surface area contributed by atoms with Gasteiger partial charge in [-0.05, 0) is 31.9 Å². The van der Waals surface area contributed by atoms with E-state index in [1.807, 2.05) is 0 Å². The van der Waals surface area contributed by atoms with Crippen molar-refractivity contribution in [2.45, 2.75) is 0 Å². The number of aromatic nitrogens is 4. The fourth-order valence-corrected chi connectivity index (χ4v) is 1.85. The fraction of sp³-hybridized carbons (Fsp3) is 0. The lowest BCUT2D eigenvalue weighted by Crippen LogP contribution is -1.90. The molecule has 2 aromatic heterocycles. The van der Waals surface area contributed by atoms with Crippen molar-refractivity contribution in [3.63, 3.8) is 0 Å². The third kappa shape index (κ3) is 1.16. The summed E-state index contributed by atoms with van der Waals surface area (Å²) in [5.74, 6) is 0. The molecular weight excluding hydrogens is 276 g/mol. The lowest BCUT2D eigenvalue weighted by Gasteiger charge is -1.93. The zero-order chi connectivity index (χ0) is 7.84. The van der Waals surface area contributed by atoms with Crippen LogP contribution in [0.2, 0.25) is 0 Å². The molecule has 6 heteroatoms. The third-order valence-corrected chi connectivity index (χ3v) is 2.11. The minimum absolute atomic E-state index is 0.685. The average molecular weight is 278 g/mol. The van der Waals surface area contributed by atoms with Gasteiger partial charge in [-0.3, -0.25) is 0 Å². The molecule has 0 radical (unpaired) electrons. The SMILES string of the molecule is Brc1cn2ncnc2c(Br)n1. The third-order valence-electron chi connectivity index (χ3n) is 1.19. The molecule has 56 valence electrons. The Morgan fingerprint density at radius 3 is 3.00 bits per heavy atom. The van der Waals surface area contributed by atoms with E-state index in [9.17, 15) is 0 Å². The van der Waals surface area contributed by atoms with Gasteiger partial charge in [0.2, 0.25) is 0 Å². The largest absolute Gasteiger partial charge is 0.228 e. The van der Waals surface area contributed by atoms with Gasteiger partial charge in [0, 0.05) is 0 Å². The molecule has 0 aromatic carbocycles. The van der Waals surface area contributed by atoms with Gasteiger partial charge in [-0.2, -0.15) is 5.10 Å². The van der Waals surface area contributed by atoms with Crippen LogP contribution in [0.25, 0.3) is 5.65 Å². The molecular formula is C5H2Br2N4. The van der Waals surface area contributed by atoms with Gasteiger partial charge in [0.15, 0.2) is 10.3 Å². The average Bonchev–Trinajstić information content (AvgIpc) is 2.34. The Balaban J connectivity index is 2.91. The summed E-state index contributed by atoms with van der Waals surface area (Å²) in [5, 5.41) is 3.95. The summed E-state index contributed by atoms with van der Waals surface area (Å²) in [4.78, 5) is 8.06. The number of nitrogens with zero attached hydrogens (tertiary/aromatic N) is 4. The Morgan fingerprint density at radius 2 is 2.18 bits per heavy atom. The summed E-state index contributed by atoms with van der Waals surface area (Å²) < 4.78 is 3.05. The van der Waals surface area contributed by atoms with Crippen LogP contribution in [0.3, 0.4) is 0 Å². The van der Waals surface area contributed by atoms with E-state index in [4.69, 9.17) is 0 Å². The maximum Gasteiger partial charge on any atom is 0.188 e. The maximum absolute atomic E-state index is 4.08. The first kappa shape index (κ1) is 7.17. The molecule has 0 fully saturated rings. The molecule has 11 heavy (non-hydrogen) atoms. The molecule has 0 bridgehead atoms. The Labute approximate surface area is 78.9 Å². The molecule has 0 saturated carbocycles. The Kier molecular flexibility index (Phi) is 1.65. The van der Waals surface area contributed by atoms with E-state index in [-0.39, 0.29) is 0 Å². The van der Waals surface area contributed by atoms with Crippen molar-refractivity contribution in [2.24, 2.45) is 0 Å². The summed E-state index contributed by atoms with van der Waals surface area (Å²) in [6.07, 6.45) is 3.22. The quantitative estimate of drug-likeness (QED) is 0.735. The number of halogens is 2. The smallest absolute Gasteiger partial charge is 0.188 e. The Morgan fingerprint density at radius 1 is 1.36 bits per heavy atom. The van der Waals surface area contributed by atoms with Gasteiger partial charge in [-0.25, -0.2) is 14.5 Å². The standard InChI is InChI=1S/C5H2Br2N4/c6-3-1-11-5(4(7)10-3)8-2-9-11/h1-2H. The highest BCUT2D eigenvalue weighted by Gasteiger charge is 2.02. The predicted octanol–water partition coefficient (Wildman–Crippen LogP) is 1.65. The number of rotatable bonds is 0. The zero-order valence-electron chi connectivity index (χ0n) is 5.20. The van der Waals surface area contributed by atoms with Gasteiger partial charge in [0.1, 0.15) is 10.9 Å². The summed E-state index contributed by atoms with van der Waals surface area (Å²) in [6, 6.07) is 0. The second-order valence-electron chi connectivity index (χ2n) is 1.88. The highest BCUT2D eigenvalue weighted by molar-refractivity contribution is 9.11. The van der Waals surface area contributed by atoms with Crippen molar-refractivity contribution < 1.29 is 0 Å². The van der Waals surface area contributed by atoms with Crippen molar-refractivity contribution in [2.75, 3.05) is 0 Å². The second kappa shape index (κ2) is 2.53. The van der Waals surface area contributed by atoms with E-state index in [1.54, 1.807) is 10.7 Å². The monoisotopic (exact) mass is 276 g/mol. The number of hydrogen-bond donors (Lipinski definition) is 0. The zero-order valence-corrected chi connectivity index (χ0v) is 8.37. The molecule has 0 saturated heterocycles. The van der Waals surface area contributed by atoms with Crippen LogP contribution < -0.4 is 0 Å². The highest BCUT2D eigenvalue weighted by Crippen LogP contribution is 2.15. The first-order valence-corrected chi connectivity index (χ1v) is 4.37. The van der Waals surface area contributed by atoms with Crippen molar-refractivity contribution in [3.05, 3.63) is 21.7 Å². The Bertz CT molecular complexity index is 396. The predicted molar refractivity (Wildman–Crippen MR) is 46.2 cm³/mol. The molecule has 4 nitrogen and oxygen atoms in total. The van der Waals surface area contributed by atoms with Crippen LogP contribution in [0, 0.1) is 0 Å².